The summed E-state index contributed by atoms with van der Waals surface area (Å²) < 4.78 is 1.22. The maximum Gasteiger partial charge on any atom is 0.278 e. The van der Waals surface area contributed by atoms with Crippen LogP contribution in [-0.4, -0.2) is 49.8 Å². The highest BCUT2D eigenvalue weighted by Crippen LogP contribution is 2.16. The fourth-order valence-electron chi connectivity index (χ4n) is 2.50. The van der Waals surface area contributed by atoms with Gasteiger partial charge in [0.05, 0.1) is 0 Å². The van der Waals surface area contributed by atoms with Gasteiger partial charge in [-0.1, -0.05) is 6.07 Å². The molecule has 0 atom stereocenters. The summed E-state index contributed by atoms with van der Waals surface area (Å²) in [5.74, 6) is -0.744. The summed E-state index contributed by atoms with van der Waals surface area (Å²) in [4.78, 5) is 37.9. The number of anilines is 1. The predicted molar refractivity (Wildman–Crippen MR) is 81.2 cm³/mol. The van der Waals surface area contributed by atoms with Crippen LogP contribution in [0, 0.1) is 0 Å². The fraction of sp³-hybridized carbons (Fsp3) is 0.357. The molecule has 3 heterocycles. The smallest absolute Gasteiger partial charge is 0.278 e. The first-order chi connectivity index (χ1) is 11.1. The number of likely N-dealkylation sites (tertiary alicyclic amines) is 1. The third-order valence-electron chi connectivity index (χ3n) is 3.79. The second-order valence-electron chi connectivity index (χ2n) is 5.28. The average Bonchev–Trinajstić information content (AvgIpc) is 3.20. The second-order valence-corrected chi connectivity index (χ2v) is 5.28. The third kappa shape index (κ3) is 2.85. The molecule has 0 saturated carbocycles. The molecule has 2 amide bonds. The number of carbonyl (C=O) groups is 2. The molecule has 2 aromatic heterocycles. The minimum atomic E-state index is -0.533. The van der Waals surface area contributed by atoms with Crippen molar-refractivity contribution in [2.75, 3.05) is 18.4 Å². The predicted octanol–water partition coefficient (Wildman–Crippen LogP) is -0.00830. The maximum absolute atomic E-state index is 12.4. The van der Waals surface area contributed by atoms with Crippen molar-refractivity contribution >= 4 is 17.6 Å². The van der Waals surface area contributed by atoms with Crippen molar-refractivity contribution in [1.29, 1.82) is 0 Å². The molecule has 3 rings (SSSR count). The Morgan fingerprint density at radius 2 is 1.96 bits per heavy atom. The Hall–Kier alpha value is -2.97. The van der Waals surface area contributed by atoms with Gasteiger partial charge in [0.15, 0.2) is 11.5 Å². The van der Waals surface area contributed by atoms with Gasteiger partial charge in [0.2, 0.25) is 0 Å². The van der Waals surface area contributed by atoms with Crippen LogP contribution in [0.5, 0.6) is 0 Å². The van der Waals surface area contributed by atoms with E-state index in [1.807, 2.05) is 0 Å². The molecule has 0 spiro atoms. The highest BCUT2D eigenvalue weighted by atomic mass is 16.2. The minimum absolute atomic E-state index is 0.0585. The first kappa shape index (κ1) is 14.9. The Morgan fingerprint density at radius 3 is 2.70 bits per heavy atom. The number of H-pyrrole nitrogens is 1. The number of aromatic amines is 1. The van der Waals surface area contributed by atoms with Gasteiger partial charge in [0.25, 0.3) is 17.4 Å². The van der Waals surface area contributed by atoms with E-state index in [1.165, 1.54) is 29.8 Å². The molecule has 1 aliphatic heterocycles. The quantitative estimate of drug-likeness (QED) is 0.827. The molecule has 9 heteroatoms. The Bertz CT molecular complexity index is 803. The van der Waals surface area contributed by atoms with Crippen molar-refractivity contribution in [2.45, 2.75) is 12.8 Å². The van der Waals surface area contributed by atoms with Crippen LogP contribution in [0.2, 0.25) is 0 Å². The molecule has 0 aromatic carbocycles. The molecule has 23 heavy (non-hydrogen) atoms. The van der Waals surface area contributed by atoms with E-state index >= 15 is 0 Å². The van der Waals surface area contributed by atoms with E-state index in [2.05, 4.69) is 20.7 Å². The summed E-state index contributed by atoms with van der Waals surface area (Å²) in [6, 6.07) is 4.37. The van der Waals surface area contributed by atoms with Gasteiger partial charge >= 0.3 is 0 Å². The van der Waals surface area contributed by atoms with E-state index in [4.69, 9.17) is 0 Å². The zero-order chi connectivity index (χ0) is 16.4. The zero-order valence-electron chi connectivity index (χ0n) is 12.6. The molecule has 1 fully saturated rings. The van der Waals surface area contributed by atoms with Crippen LogP contribution in [0.25, 0.3) is 0 Å². The van der Waals surface area contributed by atoms with E-state index < -0.39 is 5.91 Å². The highest BCUT2D eigenvalue weighted by Gasteiger charge is 2.26. The van der Waals surface area contributed by atoms with Crippen molar-refractivity contribution in [3.05, 3.63) is 39.9 Å². The lowest BCUT2D eigenvalue weighted by molar-refractivity contribution is 0.0788. The maximum atomic E-state index is 12.4. The van der Waals surface area contributed by atoms with Crippen LogP contribution in [-0.2, 0) is 7.05 Å². The van der Waals surface area contributed by atoms with Gasteiger partial charge in [-0.15, -0.1) is 10.2 Å². The van der Waals surface area contributed by atoms with E-state index in [9.17, 15) is 14.4 Å². The molecule has 120 valence electrons. The van der Waals surface area contributed by atoms with Crippen LogP contribution in [0.4, 0.5) is 5.82 Å². The molecular formula is C14H16N6O3. The molecule has 9 nitrogen and oxygen atoms in total. The Kier molecular flexibility index (Phi) is 3.92. The number of carbonyl (C=O) groups excluding carboxylic acids is 2. The van der Waals surface area contributed by atoms with Gasteiger partial charge in [0.1, 0.15) is 5.69 Å². The van der Waals surface area contributed by atoms with E-state index in [-0.39, 0.29) is 28.7 Å². The van der Waals surface area contributed by atoms with Crippen LogP contribution in [0.1, 0.15) is 33.8 Å². The van der Waals surface area contributed by atoms with Crippen molar-refractivity contribution in [3.8, 4) is 0 Å². The molecule has 2 aromatic rings. The zero-order valence-corrected chi connectivity index (χ0v) is 12.6. The number of hydrogen-bond donors (Lipinski definition) is 2. The van der Waals surface area contributed by atoms with Crippen molar-refractivity contribution in [1.82, 2.24) is 24.9 Å². The van der Waals surface area contributed by atoms with Crippen molar-refractivity contribution < 1.29 is 9.59 Å². The number of amides is 2. The van der Waals surface area contributed by atoms with Gasteiger partial charge in [-0.3, -0.25) is 14.4 Å². The van der Waals surface area contributed by atoms with Gasteiger partial charge in [-0.25, -0.2) is 0 Å². The van der Waals surface area contributed by atoms with Gasteiger partial charge in [0, 0.05) is 26.2 Å². The average molecular weight is 316 g/mol. The standard InChI is InChI=1S/C14H16N6O3/c1-19-9(5-4-6-10(19)21)13(22)15-12-11(16-18-17-12)14(23)20-7-2-3-8-20/h4-6H,2-3,7-8H2,1H3,(H2,15,16,17,18,22). The van der Waals surface area contributed by atoms with E-state index in [1.54, 1.807) is 4.90 Å². The monoisotopic (exact) mass is 316 g/mol. The molecule has 2 N–H and O–H groups in total. The van der Waals surface area contributed by atoms with Crippen LogP contribution >= 0.6 is 0 Å². The molecule has 0 radical (unpaired) electrons. The lowest BCUT2D eigenvalue weighted by Crippen LogP contribution is -2.30. The number of pyridine rings is 1. The Morgan fingerprint density at radius 1 is 1.22 bits per heavy atom. The molecule has 0 unspecified atom stereocenters. The normalized spacial score (nSPS) is 14.0. The van der Waals surface area contributed by atoms with Gasteiger partial charge in [-0.2, -0.15) is 5.21 Å². The topological polar surface area (TPSA) is 113 Å². The summed E-state index contributed by atoms with van der Waals surface area (Å²) in [5.41, 5.74) is -0.0626. The Labute approximate surface area is 131 Å². The van der Waals surface area contributed by atoms with Crippen LogP contribution < -0.4 is 10.9 Å². The van der Waals surface area contributed by atoms with Crippen molar-refractivity contribution in [3.63, 3.8) is 0 Å². The van der Waals surface area contributed by atoms with Gasteiger partial charge < -0.3 is 14.8 Å². The summed E-state index contributed by atoms with van der Waals surface area (Å²) in [7, 11) is 1.50. The molecule has 0 aliphatic carbocycles. The summed E-state index contributed by atoms with van der Waals surface area (Å²) in [6.07, 6.45) is 1.91. The molecule has 1 saturated heterocycles. The van der Waals surface area contributed by atoms with Crippen LogP contribution in [0.3, 0.4) is 0 Å². The molecular weight excluding hydrogens is 300 g/mol. The summed E-state index contributed by atoms with van der Waals surface area (Å²) in [6.45, 7) is 1.35. The minimum Gasteiger partial charge on any atom is -0.337 e. The number of aromatic nitrogens is 4. The fourth-order valence-corrected chi connectivity index (χ4v) is 2.50. The van der Waals surface area contributed by atoms with Gasteiger partial charge in [-0.05, 0) is 18.9 Å². The number of nitrogens with one attached hydrogen (secondary N) is 2. The SMILES string of the molecule is Cn1c(C(=O)Nc2n[nH]nc2C(=O)N2CCCC2)cccc1=O. The Balaban J connectivity index is 1.82. The molecule has 1 aliphatic rings. The number of nitrogens with zero attached hydrogens (tertiary/aromatic N) is 4. The molecule has 0 bridgehead atoms. The first-order valence-electron chi connectivity index (χ1n) is 7.25. The third-order valence-corrected chi connectivity index (χ3v) is 3.79. The summed E-state index contributed by atoms with van der Waals surface area (Å²) in [5, 5.41) is 12.5. The first-order valence-corrected chi connectivity index (χ1v) is 7.25. The summed E-state index contributed by atoms with van der Waals surface area (Å²) >= 11 is 0. The van der Waals surface area contributed by atoms with Crippen LogP contribution in [0.15, 0.2) is 23.0 Å². The largest absolute Gasteiger partial charge is 0.337 e. The number of rotatable bonds is 3. The van der Waals surface area contributed by atoms with E-state index in [0.717, 1.165) is 12.8 Å². The van der Waals surface area contributed by atoms with Crippen molar-refractivity contribution in [2.24, 2.45) is 7.05 Å². The van der Waals surface area contributed by atoms with E-state index in [0.29, 0.717) is 13.1 Å². The lowest BCUT2D eigenvalue weighted by atomic mass is 10.3. The second kappa shape index (κ2) is 6.03. The highest BCUT2D eigenvalue weighted by molar-refractivity contribution is 6.06. The lowest BCUT2D eigenvalue weighted by Gasteiger charge is -2.14. The number of hydrogen-bond acceptors (Lipinski definition) is 5.